The molecule has 0 aliphatic heterocycles. The van der Waals surface area contributed by atoms with Crippen LogP contribution in [0.5, 0.6) is 0 Å². The lowest BCUT2D eigenvalue weighted by Gasteiger charge is -2.28. The molecule has 0 radical (unpaired) electrons. The molecule has 3 aromatic rings. The van der Waals surface area contributed by atoms with Crippen LogP contribution in [0.15, 0.2) is 72.8 Å². The van der Waals surface area contributed by atoms with Crippen LogP contribution in [-0.2, 0) is 6.42 Å². The maximum atomic E-state index is 14.4. The van der Waals surface area contributed by atoms with Gasteiger partial charge in [0, 0.05) is 11.5 Å². The quantitative estimate of drug-likeness (QED) is 0.573. The van der Waals surface area contributed by atoms with Gasteiger partial charge in [-0.3, -0.25) is 0 Å². The van der Waals surface area contributed by atoms with Gasteiger partial charge < -0.3 is 0 Å². The van der Waals surface area contributed by atoms with Crippen LogP contribution in [0, 0.1) is 5.82 Å². The Morgan fingerprint density at radius 2 is 1.52 bits per heavy atom. The molecule has 1 aliphatic rings. The minimum atomic E-state index is -0.124. The molecule has 0 heterocycles. The van der Waals surface area contributed by atoms with E-state index in [2.05, 4.69) is 36.4 Å². The van der Waals surface area contributed by atoms with Crippen LogP contribution in [0.1, 0.15) is 22.6 Å². The number of halogens is 1. The second-order valence-corrected chi connectivity index (χ2v) is 5.53. The van der Waals surface area contributed by atoms with Crippen molar-refractivity contribution in [1.82, 2.24) is 0 Å². The Balaban J connectivity index is 1.98. The van der Waals surface area contributed by atoms with Gasteiger partial charge in [0.25, 0.3) is 0 Å². The highest BCUT2D eigenvalue weighted by Gasteiger charge is 2.27. The summed E-state index contributed by atoms with van der Waals surface area (Å²) in [6.45, 7) is 0. The van der Waals surface area contributed by atoms with E-state index in [1.807, 2.05) is 30.3 Å². The van der Waals surface area contributed by atoms with Crippen molar-refractivity contribution in [2.75, 3.05) is 0 Å². The first kappa shape index (κ1) is 12.3. The predicted octanol–water partition coefficient (Wildman–Crippen LogP) is 5.18. The molecule has 0 N–H and O–H groups in total. The Morgan fingerprint density at radius 3 is 2.38 bits per heavy atom. The number of hydrogen-bond donors (Lipinski definition) is 0. The van der Waals surface area contributed by atoms with Crippen molar-refractivity contribution in [3.8, 4) is 11.1 Å². The summed E-state index contributed by atoms with van der Waals surface area (Å²) in [5.74, 6) is 0.104. The van der Waals surface area contributed by atoms with Crippen LogP contribution >= 0.6 is 0 Å². The molecule has 1 unspecified atom stereocenters. The summed E-state index contributed by atoms with van der Waals surface area (Å²) in [5.41, 5.74) is 5.38. The van der Waals surface area contributed by atoms with Crippen molar-refractivity contribution in [2.24, 2.45) is 0 Å². The lowest BCUT2D eigenvalue weighted by molar-refractivity contribution is 0.624. The normalized spacial score (nSPS) is 16.1. The maximum Gasteiger partial charge on any atom is 0.131 e. The summed E-state index contributed by atoms with van der Waals surface area (Å²) < 4.78 is 14.4. The van der Waals surface area contributed by atoms with E-state index in [-0.39, 0.29) is 11.7 Å². The minimum absolute atomic E-state index is 0.124. The second kappa shape index (κ2) is 4.85. The number of benzene rings is 3. The molecule has 1 atom stereocenters. The predicted molar refractivity (Wildman–Crippen MR) is 83.8 cm³/mol. The van der Waals surface area contributed by atoms with E-state index in [1.165, 1.54) is 11.1 Å². The van der Waals surface area contributed by atoms with E-state index in [9.17, 15) is 4.39 Å². The number of fused-ring (bicyclic) bond motifs is 3. The smallest absolute Gasteiger partial charge is 0.131 e. The molecule has 4 rings (SSSR count). The van der Waals surface area contributed by atoms with E-state index in [4.69, 9.17) is 0 Å². The molecule has 0 saturated heterocycles. The Kier molecular flexibility index (Phi) is 2.85. The molecule has 21 heavy (non-hydrogen) atoms. The molecule has 1 aliphatic carbocycles. The van der Waals surface area contributed by atoms with Gasteiger partial charge in [0.2, 0.25) is 0 Å². The van der Waals surface area contributed by atoms with Gasteiger partial charge in [0.15, 0.2) is 0 Å². The lowest BCUT2D eigenvalue weighted by atomic mass is 9.75. The largest absolute Gasteiger partial charge is 0.206 e. The lowest BCUT2D eigenvalue weighted by Crippen LogP contribution is -2.13. The van der Waals surface area contributed by atoms with Crippen molar-refractivity contribution >= 4 is 0 Å². The third-order valence-electron chi connectivity index (χ3n) is 4.33. The van der Waals surface area contributed by atoms with Crippen LogP contribution < -0.4 is 0 Å². The number of hydrogen-bond acceptors (Lipinski definition) is 0. The maximum absolute atomic E-state index is 14.4. The summed E-state index contributed by atoms with van der Waals surface area (Å²) in [6.07, 6.45) is 0.927. The molecule has 0 saturated carbocycles. The Hall–Kier alpha value is -2.41. The first-order valence-corrected chi connectivity index (χ1v) is 7.26. The zero-order valence-electron chi connectivity index (χ0n) is 11.6. The molecule has 3 aromatic carbocycles. The van der Waals surface area contributed by atoms with Crippen molar-refractivity contribution in [2.45, 2.75) is 12.3 Å². The zero-order valence-corrected chi connectivity index (χ0v) is 11.6. The van der Waals surface area contributed by atoms with Gasteiger partial charge in [-0.05, 0) is 34.7 Å². The number of rotatable bonds is 1. The van der Waals surface area contributed by atoms with E-state index in [1.54, 1.807) is 6.07 Å². The van der Waals surface area contributed by atoms with Crippen molar-refractivity contribution in [3.05, 3.63) is 95.3 Å². The standard InChI is InChI=1S/C20H15F/c21-19-12-6-11-17-18(14-7-2-1-3-8-14)13-15-9-4-5-10-16(15)20(17)19/h1-12,18H,13H2. The first-order valence-electron chi connectivity index (χ1n) is 7.26. The van der Waals surface area contributed by atoms with Gasteiger partial charge in [-0.2, -0.15) is 0 Å². The van der Waals surface area contributed by atoms with Crippen molar-refractivity contribution in [3.63, 3.8) is 0 Å². The highest BCUT2D eigenvalue weighted by molar-refractivity contribution is 5.75. The SMILES string of the molecule is Fc1cccc2c1-c1ccccc1CC2c1ccccc1. The van der Waals surface area contributed by atoms with E-state index in [0.29, 0.717) is 0 Å². The highest BCUT2D eigenvalue weighted by atomic mass is 19.1. The van der Waals surface area contributed by atoms with Gasteiger partial charge in [-0.25, -0.2) is 4.39 Å². The van der Waals surface area contributed by atoms with Crippen LogP contribution in [0.4, 0.5) is 4.39 Å². The third kappa shape index (κ3) is 1.97. The van der Waals surface area contributed by atoms with E-state index in [0.717, 1.165) is 23.1 Å². The molecular weight excluding hydrogens is 259 g/mol. The highest BCUT2D eigenvalue weighted by Crippen LogP contribution is 2.43. The topological polar surface area (TPSA) is 0 Å². The fraction of sp³-hybridized carbons (Fsp3) is 0.100. The van der Waals surface area contributed by atoms with Gasteiger partial charge in [0.1, 0.15) is 5.82 Å². The van der Waals surface area contributed by atoms with Crippen LogP contribution in [0.2, 0.25) is 0 Å². The molecule has 102 valence electrons. The molecule has 0 nitrogen and oxygen atoms in total. The Bertz CT molecular complexity index is 790. The molecule has 0 amide bonds. The second-order valence-electron chi connectivity index (χ2n) is 5.53. The van der Waals surface area contributed by atoms with Crippen LogP contribution in [0.3, 0.4) is 0 Å². The molecule has 1 heteroatoms. The van der Waals surface area contributed by atoms with Crippen molar-refractivity contribution in [1.29, 1.82) is 0 Å². The summed E-state index contributed by atoms with van der Waals surface area (Å²) in [4.78, 5) is 0. The molecule has 0 aromatic heterocycles. The average Bonchev–Trinajstić information content (AvgIpc) is 2.55. The molecule has 0 bridgehead atoms. The Morgan fingerprint density at radius 1 is 0.762 bits per heavy atom. The summed E-state index contributed by atoms with van der Waals surface area (Å²) >= 11 is 0. The zero-order chi connectivity index (χ0) is 14.2. The molecular formula is C20H15F. The van der Waals surface area contributed by atoms with Gasteiger partial charge in [-0.15, -0.1) is 0 Å². The average molecular weight is 274 g/mol. The van der Waals surface area contributed by atoms with Gasteiger partial charge in [0.05, 0.1) is 0 Å². The van der Waals surface area contributed by atoms with Gasteiger partial charge >= 0.3 is 0 Å². The van der Waals surface area contributed by atoms with Gasteiger partial charge in [-0.1, -0.05) is 66.7 Å². The molecule has 0 spiro atoms. The summed E-state index contributed by atoms with van der Waals surface area (Å²) in [5, 5.41) is 0. The van der Waals surface area contributed by atoms with Crippen LogP contribution in [-0.4, -0.2) is 0 Å². The summed E-state index contributed by atoms with van der Waals surface area (Å²) in [6, 6.07) is 24.0. The van der Waals surface area contributed by atoms with E-state index < -0.39 is 0 Å². The molecule has 0 fully saturated rings. The summed E-state index contributed by atoms with van der Waals surface area (Å²) in [7, 11) is 0. The third-order valence-corrected chi connectivity index (χ3v) is 4.33. The van der Waals surface area contributed by atoms with Crippen molar-refractivity contribution < 1.29 is 4.39 Å². The fourth-order valence-corrected chi connectivity index (χ4v) is 3.37. The monoisotopic (exact) mass is 274 g/mol. The fourth-order valence-electron chi connectivity index (χ4n) is 3.37. The first-order chi connectivity index (χ1) is 10.3. The minimum Gasteiger partial charge on any atom is -0.206 e. The Labute approximate surface area is 123 Å². The van der Waals surface area contributed by atoms with Crippen LogP contribution in [0.25, 0.3) is 11.1 Å². The van der Waals surface area contributed by atoms with E-state index >= 15 is 0 Å².